The summed E-state index contributed by atoms with van der Waals surface area (Å²) in [6.45, 7) is 11.8. The van der Waals surface area contributed by atoms with Crippen LogP contribution in [-0.2, 0) is 56.2 Å². The Morgan fingerprint density at radius 1 is 0.337 bits per heavy atom. The number of benzene rings is 11. The van der Waals surface area contributed by atoms with E-state index in [1.807, 2.05) is 121 Å². The van der Waals surface area contributed by atoms with Crippen LogP contribution in [0.1, 0.15) is 127 Å². The molecule has 0 radical (unpaired) electrons. The normalized spacial score (nSPS) is 11.5. The van der Waals surface area contributed by atoms with Crippen molar-refractivity contribution in [2.24, 2.45) is 0 Å². The smallest absolute Gasteiger partial charge is 0.339 e. The number of fused-ring (bicyclic) bond motifs is 2. The molecule has 0 unspecified atom stereocenters. The molecule has 0 fully saturated rings. The summed E-state index contributed by atoms with van der Waals surface area (Å²) in [6.07, 6.45) is 0. The van der Waals surface area contributed by atoms with Crippen LogP contribution in [0.4, 0.5) is 0 Å². The number of carbonyl (C=O) groups excluding carboxylic acids is 4. The van der Waals surface area contributed by atoms with Gasteiger partial charge in [0.25, 0.3) is 0 Å². The average Bonchev–Trinajstić information content (AvgIpc) is 0.687. The molecule has 0 N–H and O–H groups in total. The molecule has 0 saturated carbocycles. The lowest BCUT2D eigenvalue weighted by molar-refractivity contribution is 0.0458. The number of nitrogens with zero attached hydrogens (tertiary/aromatic N) is 2. The molecule has 11 aromatic carbocycles. The van der Waals surface area contributed by atoms with Crippen LogP contribution < -0.4 is 9.47 Å². The minimum absolute atomic E-state index is 0.00131. The largest absolute Gasteiger partial charge is 0.457 e. The molecule has 0 spiro atoms. The van der Waals surface area contributed by atoms with Gasteiger partial charge in [0.1, 0.15) is 49.4 Å². The second-order valence-corrected chi connectivity index (χ2v) is 23.0. The van der Waals surface area contributed by atoms with E-state index < -0.39 is 23.9 Å². The molecule has 0 amide bonds. The van der Waals surface area contributed by atoms with Crippen LogP contribution in [0.5, 0.6) is 23.0 Å². The molecular formula is C74H58N2O10. The standard InChI is InChI=1S/C74H58N2O10/c1-73(2,3)51-27-31-53(32-28-51)85-59-37-57(71(79)83-43-47-23-15-9-16-24-47)63-55(69(77)81-41-45-19-11-7-12-20-45)36-50(40-76)62-66-60(86-54-33-29-52(30-34-54)74(4,5)6)38-58(72(80)84-44-48-25-17-10-18-26-48)64-56(70(78)82-42-46-21-13-8-14-22-46)35-49(39-75)61(68(64)66)65(59)67(62)63/h7-38H,41-44H2,1-6H3. The fourth-order valence-electron chi connectivity index (χ4n) is 10.7. The number of esters is 4. The van der Waals surface area contributed by atoms with E-state index in [1.165, 1.54) is 24.3 Å². The monoisotopic (exact) mass is 1130 g/mol. The third-order valence-corrected chi connectivity index (χ3v) is 15.1. The van der Waals surface area contributed by atoms with Gasteiger partial charge in [-0.3, -0.25) is 0 Å². The Bertz CT molecular complexity index is 4190. The van der Waals surface area contributed by atoms with Crippen molar-refractivity contribution in [3.05, 3.63) is 261 Å². The van der Waals surface area contributed by atoms with Gasteiger partial charge in [0.2, 0.25) is 0 Å². The van der Waals surface area contributed by atoms with Gasteiger partial charge in [0.05, 0.1) is 45.5 Å². The fourth-order valence-corrected chi connectivity index (χ4v) is 10.7. The molecule has 0 saturated heterocycles. The summed E-state index contributed by atoms with van der Waals surface area (Å²) in [5.74, 6) is -2.86. The van der Waals surface area contributed by atoms with Crippen LogP contribution in [0.2, 0.25) is 0 Å². The average molecular weight is 1140 g/mol. The lowest BCUT2D eigenvalue weighted by Crippen LogP contribution is -2.14. The first-order chi connectivity index (χ1) is 41.5. The number of rotatable bonds is 16. The van der Waals surface area contributed by atoms with Crippen molar-refractivity contribution < 1.29 is 47.6 Å². The predicted molar refractivity (Wildman–Crippen MR) is 330 cm³/mol. The number of ether oxygens (including phenoxy) is 6. The minimum Gasteiger partial charge on any atom is -0.457 e. The van der Waals surface area contributed by atoms with Crippen LogP contribution in [0.25, 0.3) is 43.1 Å². The Kier molecular flexibility index (Phi) is 15.8. The molecular weight excluding hydrogens is 1080 g/mol. The van der Waals surface area contributed by atoms with E-state index in [0.717, 1.165) is 11.1 Å². The number of carbonyl (C=O) groups is 4. The quantitative estimate of drug-likeness (QED) is 0.0389. The Hall–Kier alpha value is -10.8. The van der Waals surface area contributed by atoms with Crippen LogP contribution in [0.3, 0.4) is 0 Å². The highest BCUT2D eigenvalue weighted by Crippen LogP contribution is 2.54. The van der Waals surface area contributed by atoms with E-state index in [0.29, 0.717) is 33.8 Å². The number of hydrogen-bond donors (Lipinski definition) is 0. The summed E-state index contributed by atoms with van der Waals surface area (Å²) in [7, 11) is 0. The SMILES string of the molecule is CC(C)(C)c1ccc(Oc2cc(C(=O)OCc3ccccc3)c3c(C(=O)OCc4ccccc4)cc(C#N)c4c5c(Oc6ccc(C(C)(C)C)cc6)cc(C(=O)OCc6ccccc6)c6c(C(=O)OCc7ccccc7)cc(C#N)c(c2c34)c65)cc1. The molecule has 0 aliphatic rings. The summed E-state index contributed by atoms with van der Waals surface area (Å²) in [6, 6.07) is 61.5. The molecule has 0 aliphatic heterocycles. The first kappa shape index (κ1) is 57.0. The minimum atomic E-state index is -0.883. The molecule has 86 heavy (non-hydrogen) atoms. The van der Waals surface area contributed by atoms with Crippen molar-refractivity contribution in [1.29, 1.82) is 10.5 Å². The van der Waals surface area contributed by atoms with Gasteiger partial charge >= 0.3 is 23.9 Å². The van der Waals surface area contributed by atoms with Crippen molar-refractivity contribution in [3.8, 4) is 35.1 Å². The van der Waals surface area contributed by atoms with Crippen LogP contribution in [-0.4, -0.2) is 23.9 Å². The highest BCUT2D eigenvalue weighted by Gasteiger charge is 2.35. The third kappa shape index (κ3) is 11.6. The van der Waals surface area contributed by atoms with Crippen LogP contribution in [0.15, 0.2) is 194 Å². The van der Waals surface area contributed by atoms with Gasteiger partial charge < -0.3 is 28.4 Å². The Morgan fingerprint density at radius 2 is 0.605 bits per heavy atom. The van der Waals surface area contributed by atoms with Gasteiger partial charge in [-0.1, -0.05) is 187 Å². The molecule has 12 heteroatoms. The summed E-state index contributed by atoms with van der Waals surface area (Å²) < 4.78 is 38.4. The van der Waals surface area contributed by atoms with Crippen molar-refractivity contribution in [3.63, 3.8) is 0 Å². The summed E-state index contributed by atoms with van der Waals surface area (Å²) in [5.41, 5.74) is 3.39. The van der Waals surface area contributed by atoms with E-state index in [2.05, 4.69) is 53.7 Å². The number of nitriles is 2. The van der Waals surface area contributed by atoms with E-state index in [1.54, 1.807) is 48.5 Å². The predicted octanol–water partition coefficient (Wildman–Crippen LogP) is 17.1. The van der Waals surface area contributed by atoms with E-state index in [-0.39, 0.29) is 125 Å². The maximum absolute atomic E-state index is 15.3. The Labute approximate surface area is 497 Å². The van der Waals surface area contributed by atoms with Gasteiger partial charge in [-0.15, -0.1) is 0 Å². The summed E-state index contributed by atoms with van der Waals surface area (Å²) in [4.78, 5) is 60.8. The van der Waals surface area contributed by atoms with Gasteiger partial charge in [-0.2, -0.15) is 10.5 Å². The molecule has 0 aromatic heterocycles. The van der Waals surface area contributed by atoms with Gasteiger partial charge in [-0.05, 0) is 92.7 Å². The van der Waals surface area contributed by atoms with E-state index in [4.69, 9.17) is 28.4 Å². The second-order valence-electron chi connectivity index (χ2n) is 23.0. The first-order valence-electron chi connectivity index (χ1n) is 28.1. The van der Waals surface area contributed by atoms with E-state index >= 15 is 19.2 Å². The van der Waals surface area contributed by atoms with Gasteiger partial charge in [0.15, 0.2) is 0 Å². The van der Waals surface area contributed by atoms with Crippen molar-refractivity contribution >= 4 is 67.0 Å². The maximum atomic E-state index is 15.3. The van der Waals surface area contributed by atoms with Gasteiger partial charge in [-0.25, -0.2) is 19.2 Å². The molecule has 424 valence electrons. The first-order valence-corrected chi connectivity index (χ1v) is 28.1. The van der Waals surface area contributed by atoms with Crippen molar-refractivity contribution in [1.82, 2.24) is 0 Å². The topological polar surface area (TPSA) is 171 Å². The van der Waals surface area contributed by atoms with Crippen LogP contribution in [0, 0.1) is 22.7 Å². The zero-order valence-corrected chi connectivity index (χ0v) is 48.3. The zero-order chi connectivity index (χ0) is 60.3. The summed E-state index contributed by atoms with van der Waals surface area (Å²) in [5, 5.41) is 24.1. The van der Waals surface area contributed by atoms with Crippen molar-refractivity contribution in [2.45, 2.75) is 78.8 Å². The molecule has 11 rings (SSSR count). The highest BCUT2D eigenvalue weighted by molar-refractivity contribution is 6.42. The molecule has 0 bridgehead atoms. The lowest BCUT2D eigenvalue weighted by Gasteiger charge is -2.25. The lowest BCUT2D eigenvalue weighted by atomic mass is 9.80. The van der Waals surface area contributed by atoms with Crippen LogP contribution >= 0.6 is 0 Å². The Balaban J connectivity index is 1.31. The fraction of sp³-hybridized carbons (Fsp3) is 0.162. The number of hydrogen-bond acceptors (Lipinski definition) is 12. The molecule has 11 aromatic rings. The Morgan fingerprint density at radius 3 is 0.860 bits per heavy atom. The third-order valence-electron chi connectivity index (χ3n) is 15.1. The molecule has 12 nitrogen and oxygen atoms in total. The molecule has 0 atom stereocenters. The van der Waals surface area contributed by atoms with Crippen molar-refractivity contribution in [2.75, 3.05) is 0 Å². The van der Waals surface area contributed by atoms with E-state index in [9.17, 15) is 10.5 Å². The summed E-state index contributed by atoms with van der Waals surface area (Å²) >= 11 is 0. The second kappa shape index (κ2) is 23.8. The zero-order valence-electron chi connectivity index (χ0n) is 48.3. The molecule has 0 heterocycles. The maximum Gasteiger partial charge on any atom is 0.339 e. The highest BCUT2D eigenvalue weighted by atomic mass is 16.5. The van der Waals surface area contributed by atoms with Gasteiger partial charge in [0, 0.05) is 43.1 Å². The molecule has 0 aliphatic carbocycles.